The molecule has 25 heavy (non-hydrogen) atoms. The van der Waals surface area contributed by atoms with Crippen molar-refractivity contribution in [1.82, 2.24) is 9.80 Å². The van der Waals surface area contributed by atoms with Crippen molar-refractivity contribution in [2.45, 2.75) is 27.7 Å². The summed E-state index contributed by atoms with van der Waals surface area (Å²) in [5, 5.41) is 0. The van der Waals surface area contributed by atoms with E-state index in [1.54, 1.807) is 17.0 Å². The number of benzene rings is 1. The van der Waals surface area contributed by atoms with Crippen molar-refractivity contribution in [3.63, 3.8) is 0 Å². The van der Waals surface area contributed by atoms with E-state index in [1.165, 1.54) is 0 Å². The topological polar surface area (TPSA) is 59.1 Å². The second-order valence-corrected chi connectivity index (χ2v) is 7.12. The normalized spacial score (nSPS) is 15.0. The monoisotopic (exact) mass is 348 g/mol. The molecule has 0 N–H and O–H groups in total. The third-order valence-electron chi connectivity index (χ3n) is 4.06. The fourth-order valence-electron chi connectivity index (χ4n) is 2.67. The molecule has 0 bridgehead atoms. The van der Waals surface area contributed by atoms with E-state index >= 15 is 0 Å². The smallest absolute Gasteiger partial charge is 0.260 e. The molecule has 1 aromatic carbocycles. The highest BCUT2D eigenvalue weighted by molar-refractivity contribution is 5.82. The molecular weight excluding hydrogens is 320 g/mol. The summed E-state index contributed by atoms with van der Waals surface area (Å²) in [6.45, 7) is 10.5. The predicted molar refractivity (Wildman–Crippen MR) is 95.7 cm³/mol. The van der Waals surface area contributed by atoms with Crippen molar-refractivity contribution in [2.24, 2.45) is 5.41 Å². The first-order chi connectivity index (χ1) is 11.8. The van der Waals surface area contributed by atoms with Crippen LogP contribution in [-0.2, 0) is 9.59 Å². The Labute approximate surface area is 149 Å². The zero-order valence-electron chi connectivity index (χ0n) is 15.6. The predicted octanol–water partition coefficient (Wildman–Crippen LogP) is 2.18. The Kier molecular flexibility index (Phi) is 6.28. The number of nitrogens with zero attached hydrogens (tertiary/aromatic N) is 2. The number of ether oxygens (including phenoxy) is 2. The van der Waals surface area contributed by atoms with Gasteiger partial charge in [0.1, 0.15) is 11.5 Å². The Balaban J connectivity index is 1.78. The molecule has 0 atom stereocenters. The summed E-state index contributed by atoms with van der Waals surface area (Å²) in [4.78, 5) is 28.1. The first-order valence-electron chi connectivity index (χ1n) is 8.74. The first kappa shape index (κ1) is 19.1. The van der Waals surface area contributed by atoms with Gasteiger partial charge in [0.25, 0.3) is 5.91 Å². The van der Waals surface area contributed by atoms with Crippen molar-refractivity contribution < 1.29 is 19.1 Å². The summed E-state index contributed by atoms with van der Waals surface area (Å²) in [5.41, 5.74) is -0.386. The van der Waals surface area contributed by atoms with Crippen molar-refractivity contribution >= 4 is 11.8 Å². The van der Waals surface area contributed by atoms with Crippen molar-refractivity contribution in [2.75, 3.05) is 39.4 Å². The highest BCUT2D eigenvalue weighted by Gasteiger charge is 2.30. The van der Waals surface area contributed by atoms with Crippen LogP contribution >= 0.6 is 0 Å². The molecule has 0 aliphatic carbocycles. The summed E-state index contributed by atoms with van der Waals surface area (Å²) >= 11 is 0. The summed E-state index contributed by atoms with van der Waals surface area (Å²) in [7, 11) is 0. The van der Waals surface area contributed by atoms with Crippen LogP contribution in [0.4, 0.5) is 0 Å². The van der Waals surface area contributed by atoms with E-state index in [4.69, 9.17) is 9.47 Å². The van der Waals surface area contributed by atoms with Gasteiger partial charge < -0.3 is 19.3 Å². The average Bonchev–Trinajstić information content (AvgIpc) is 2.60. The fraction of sp³-hybridized carbons (Fsp3) is 0.579. The van der Waals surface area contributed by atoms with Crippen LogP contribution in [0.25, 0.3) is 0 Å². The number of carbonyl (C=O) groups is 2. The van der Waals surface area contributed by atoms with Gasteiger partial charge in [0.05, 0.1) is 6.61 Å². The Hall–Kier alpha value is -2.24. The van der Waals surface area contributed by atoms with Gasteiger partial charge in [-0.05, 0) is 31.2 Å². The van der Waals surface area contributed by atoms with Gasteiger partial charge >= 0.3 is 0 Å². The van der Waals surface area contributed by atoms with E-state index in [2.05, 4.69) is 0 Å². The molecule has 6 heteroatoms. The lowest BCUT2D eigenvalue weighted by Crippen LogP contribution is -2.53. The highest BCUT2D eigenvalue weighted by Crippen LogP contribution is 2.19. The molecule has 0 radical (unpaired) electrons. The maximum absolute atomic E-state index is 12.3. The lowest BCUT2D eigenvalue weighted by Gasteiger charge is -2.37. The largest absolute Gasteiger partial charge is 0.494 e. The molecule has 138 valence electrons. The Morgan fingerprint density at radius 3 is 1.88 bits per heavy atom. The Morgan fingerprint density at radius 2 is 1.40 bits per heavy atom. The van der Waals surface area contributed by atoms with E-state index in [-0.39, 0.29) is 23.8 Å². The number of amides is 2. The van der Waals surface area contributed by atoms with Crippen LogP contribution in [-0.4, -0.2) is 61.0 Å². The van der Waals surface area contributed by atoms with Crippen LogP contribution < -0.4 is 9.47 Å². The van der Waals surface area contributed by atoms with Gasteiger partial charge in [-0.2, -0.15) is 0 Å². The zero-order chi connectivity index (χ0) is 18.4. The van der Waals surface area contributed by atoms with Crippen LogP contribution in [0.2, 0.25) is 0 Å². The van der Waals surface area contributed by atoms with E-state index in [1.807, 2.05) is 44.7 Å². The third-order valence-corrected chi connectivity index (χ3v) is 4.06. The van der Waals surface area contributed by atoms with Gasteiger partial charge in [-0.25, -0.2) is 0 Å². The maximum Gasteiger partial charge on any atom is 0.260 e. The first-order valence-corrected chi connectivity index (χ1v) is 8.74. The molecule has 1 fully saturated rings. The molecule has 0 spiro atoms. The summed E-state index contributed by atoms with van der Waals surface area (Å²) in [6, 6.07) is 7.22. The summed E-state index contributed by atoms with van der Waals surface area (Å²) in [5.74, 6) is 1.49. The molecule has 0 aromatic heterocycles. The molecule has 1 saturated heterocycles. The third kappa shape index (κ3) is 5.37. The number of piperazine rings is 1. The number of rotatable bonds is 5. The molecule has 1 aliphatic heterocycles. The van der Waals surface area contributed by atoms with E-state index in [9.17, 15) is 9.59 Å². The van der Waals surface area contributed by atoms with Crippen LogP contribution in [0.1, 0.15) is 27.7 Å². The lowest BCUT2D eigenvalue weighted by molar-refractivity contribution is -0.145. The molecule has 0 saturated carbocycles. The molecule has 1 aliphatic rings. The minimum absolute atomic E-state index is 0.00119. The average molecular weight is 348 g/mol. The van der Waals surface area contributed by atoms with Crippen molar-refractivity contribution in [1.29, 1.82) is 0 Å². The molecular formula is C19H28N2O4. The number of hydrogen-bond donors (Lipinski definition) is 0. The zero-order valence-corrected chi connectivity index (χ0v) is 15.6. The lowest BCUT2D eigenvalue weighted by atomic mass is 9.94. The minimum atomic E-state index is -0.386. The van der Waals surface area contributed by atoms with Gasteiger partial charge in [-0.3, -0.25) is 9.59 Å². The van der Waals surface area contributed by atoms with E-state index in [0.717, 1.165) is 5.75 Å². The fourth-order valence-corrected chi connectivity index (χ4v) is 2.67. The Bertz CT molecular complexity index is 584. The summed E-state index contributed by atoms with van der Waals surface area (Å²) in [6.07, 6.45) is 0. The SMILES string of the molecule is CCOc1ccc(OCC(=O)N2CCN(C(=O)C(C)(C)C)CC2)cc1. The summed E-state index contributed by atoms with van der Waals surface area (Å²) < 4.78 is 10.9. The van der Waals surface area contributed by atoms with E-state index in [0.29, 0.717) is 38.5 Å². The van der Waals surface area contributed by atoms with Gasteiger partial charge in [0.2, 0.25) is 5.91 Å². The molecule has 0 unspecified atom stereocenters. The highest BCUT2D eigenvalue weighted by atomic mass is 16.5. The minimum Gasteiger partial charge on any atom is -0.494 e. The van der Waals surface area contributed by atoms with Gasteiger partial charge in [0.15, 0.2) is 6.61 Å². The maximum atomic E-state index is 12.3. The van der Waals surface area contributed by atoms with Gasteiger partial charge in [-0.15, -0.1) is 0 Å². The quantitative estimate of drug-likeness (QED) is 0.818. The van der Waals surface area contributed by atoms with Crippen LogP contribution in [0.3, 0.4) is 0 Å². The number of hydrogen-bond acceptors (Lipinski definition) is 4. The Morgan fingerprint density at radius 1 is 0.920 bits per heavy atom. The molecule has 6 nitrogen and oxygen atoms in total. The molecule has 2 amide bonds. The van der Waals surface area contributed by atoms with Crippen LogP contribution in [0.15, 0.2) is 24.3 Å². The van der Waals surface area contributed by atoms with Crippen LogP contribution in [0.5, 0.6) is 11.5 Å². The number of carbonyl (C=O) groups excluding carboxylic acids is 2. The van der Waals surface area contributed by atoms with Gasteiger partial charge in [-0.1, -0.05) is 20.8 Å². The van der Waals surface area contributed by atoms with Crippen LogP contribution in [0, 0.1) is 5.41 Å². The second-order valence-electron chi connectivity index (χ2n) is 7.12. The van der Waals surface area contributed by atoms with Crippen molar-refractivity contribution in [3.05, 3.63) is 24.3 Å². The standard InChI is InChI=1S/C19H28N2O4/c1-5-24-15-6-8-16(9-7-15)25-14-17(22)20-10-12-21(13-11-20)18(23)19(2,3)4/h6-9H,5,10-14H2,1-4H3. The second kappa shape index (κ2) is 8.23. The molecule has 2 rings (SSSR count). The molecule has 1 aromatic rings. The van der Waals surface area contributed by atoms with Crippen molar-refractivity contribution in [3.8, 4) is 11.5 Å². The molecule has 1 heterocycles. The van der Waals surface area contributed by atoms with Gasteiger partial charge in [0, 0.05) is 31.6 Å². The van der Waals surface area contributed by atoms with E-state index < -0.39 is 0 Å².